The van der Waals surface area contributed by atoms with Crippen LogP contribution in [0.1, 0.15) is 36.7 Å². The molecular weight excluding hydrogens is 364 g/mol. The first-order valence-corrected chi connectivity index (χ1v) is 9.94. The Morgan fingerprint density at radius 2 is 1.85 bits per heavy atom. The molecule has 5 nitrogen and oxygen atoms in total. The molecule has 0 spiro atoms. The van der Waals surface area contributed by atoms with E-state index in [0.717, 1.165) is 22.1 Å². The van der Waals surface area contributed by atoms with E-state index in [9.17, 15) is 9.59 Å². The third-order valence-electron chi connectivity index (χ3n) is 5.09. The molecule has 1 aliphatic rings. The van der Waals surface area contributed by atoms with Gasteiger partial charge >= 0.3 is 11.9 Å². The lowest BCUT2D eigenvalue weighted by Gasteiger charge is -2.31. The lowest BCUT2D eigenvalue weighted by molar-refractivity contribution is -0.172. The molecule has 0 radical (unpaired) electrons. The minimum atomic E-state index is -1.47. The van der Waals surface area contributed by atoms with E-state index in [1.807, 2.05) is 41.1 Å². The van der Waals surface area contributed by atoms with Crippen molar-refractivity contribution in [3.8, 4) is 0 Å². The van der Waals surface area contributed by atoms with Crippen molar-refractivity contribution in [3.05, 3.63) is 58.0 Å². The first-order valence-electron chi connectivity index (χ1n) is 9.00. The zero-order chi connectivity index (χ0) is 19.0. The molecule has 2 heterocycles. The lowest BCUT2D eigenvalue weighted by atomic mass is 9.72. The summed E-state index contributed by atoms with van der Waals surface area (Å²) in [6.07, 6.45) is 0.134. The van der Waals surface area contributed by atoms with Crippen molar-refractivity contribution in [3.63, 3.8) is 0 Å². The average Bonchev–Trinajstić information content (AvgIpc) is 3.36. The predicted molar refractivity (Wildman–Crippen MR) is 102 cm³/mol. The van der Waals surface area contributed by atoms with Gasteiger partial charge in [0.15, 0.2) is 5.41 Å². The number of hydrogen-bond acceptors (Lipinski definition) is 6. The van der Waals surface area contributed by atoms with Gasteiger partial charge in [-0.1, -0.05) is 18.2 Å². The summed E-state index contributed by atoms with van der Waals surface area (Å²) >= 11 is 1.53. The van der Waals surface area contributed by atoms with Gasteiger partial charge in [0.25, 0.3) is 0 Å². The Morgan fingerprint density at radius 1 is 1.15 bits per heavy atom. The van der Waals surface area contributed by atoms with E-state index in [1.54, 1.807) is 13.8 Å². The van der Waals surface area contributed by atoms with E-state index < -0.39 is 23.3 Å². The summed E-state index contributed by atoms with van der Waals surface area (Å²) in [7, 11) is 0. The first kappa shape index (κ1) is 17.8. The Morgan fingerprint density at radius 3 is 2.48 bits per heavy atom. The lowest BCUT2D eigenvalue weighted by Crippen LogP contribution is -2.46. The maximum atomic E-state index is 13.1. The minimum Gasteiger partial charge on any atom is -0.465 e. The highest BCUT2D eigenvalue weighted by atomic mass is 32.1. The molecule has 0 saturated heterocycles. The van der Waals surface area contributed by atoms with Crippen LogP contribution in [0.15, 0.2) is 45.5 Å². The van der Waals surface area contributed by atoms with Crippen molar-refractivity contribution in [1.82, 2.24) is 0 Å². The number of para-hydroxylation sites is 1. The highest BCUT2D eigenvalue weighted by Crippen LogP contribution is 2.55. The number of fused-ring (bicyclic) bond motifs is 3. The largest absolute Gasteiger partial charge is 0.465 e. The molecule has 6 heteroatoms. The van der Waals surface area contributed by atoms with Gasteiger partial charge in [-0.05, 0) is 42.3 Å². The van der Waals surface area contributed by atoms with E-state index >= 15 is 0 Å². The Balaban J connectivity index is 1.97. The monoisotopic (exact) mass is 384 g/mol. The van der Waals surface area contributed by atoms with E-state index in [0.29, 0.717) is 5.76 Å². The van der Waals surface area contributed by atoms with Crippen LogP contribution < -0.4 is 0 Å². The van der Waals surface area contributed by atoms with Crippen molar-refractivity contribution < 1.29 is 23.5 Å². The van der Waals surface area contributed by atoms with Gasteiger partial charge in [0.2, 0.25) is 0 Å². The molecular formula is C21H20O5S. The molecule has 0 bridgehead atoms. The van der Waals surface area contributed by atoms with Crippen molar-refractivity contribution in [2.75, 3.05) is 13.2 Å². The van der Waals surface area contributed by atoms with Gasteiger partial charge < -0.3 is 13.9 Å². The van der Waals surface area contributed by atoms with Gasteiger partial charge in [-0.3, -0.25) is 9.59 Å². The molecule has 3 aromatic rings. The van der Waals surface area contributed by atoms with Crippen LogP contribution in [0.25, 0.3) is 11.0 Å². The highest BCUT2D eigenvalue weighted by Gasteiger charge is 2.62. The quantitative estimate of drug-likeness (QED) is 0.485. The van der Waals surface area contributed by atoms with Gasteiger partial charge in [-0.2, -0.15) is 11.3 Å². The summed E-state index contributed by atoms with van der Waals surface area (Å²) in [6, 6.07) is 9.64. The molecule has 0 fully saturated rings. The summed E-state index contributed by atoms with van der Waals surface area (Å²) in [4.78, 5) is 26.3. The zero-order valence-electron chi connectivity index (χ0n) is 15.2. The summed E-state index contributed by atoms with van der Waals surface area (Å²) < 4.78 is 16.8. The Labute approximate surface area is 160 Å². The van der Waals surface area contributed by atoms with Crippen LogP contribution >= 0.6 is 11.3 Å². The van der Waals surface area contributed by atoms with Crippen molar-refractivity contribution in [2.24, 2.45) is 5.41 Å². The number of carbonyl (C=O) groups is 2. The Bertz CT molecular complexity index is 967. The predicted octanol–water partition coefficient (Wildman–Crippen LogP) is 4.29. The molecule has 0 saturated carbocycles. The fourth-order valence-corrected chi connectivity index (χ4v) is 4.73. The number of ether oxygens (including phenoxy) is 2. The molecule has 1 aliphatic carbocycles. The summed E-state index contributed by atoms with van der Waals surface area (Å²) in [5.41, 5.74) is 1.06. The van der Waals surface area contributed by atoms with Gasteiger partial charge in [0.1, 0.15) is 11.3 Å². The molecule has 27 heavy (non-hydrogen) atoms. The number of rotatable bonds is 5. The van der Waals surface area contributed by atoms with E-state index in [1.165, 1.54) is 11.3 Å². The number of esters is 2. The molecule has 0 aliphatic heterocycles. The zero-order valence-corrected chi connectivity index (χ0v) is 16.0. The summed E-state index contributed by atoms with van der Waals surface area (Å²) in [5.74, 6) is -0.973. The van der Waals surface area contributed by atoms with Crippen LogP contribution in [0.3, 0.4) is 0 Å². The SMILES string of the molecule is CCOC(=O)C1(C(=O)OCC)Cc2oc3ccccc3c2C1c1ccsc1. The maximum Gasteiger partial charge on any atom is 0.324 e. The Kier molecular flexibility index (Phi) is 4.52. The third-order valence-corrected chi connectivity index (χ3v) is 5.79. The second-order valence-electron chi connectivity index (χ2n) is 6.51. The molecule has 1 aromatic carbocycles. The molecule has 2 aromatic heterocycles. The van der Waals surface area contributed by atoms with Crippen LogP contribution in [0.2, 0.25) is 0 Å². The van der Waals surface area contributed by atoms with Crippen molar-refractivity contribution in [2.45, 2.75) is 26.2 Å². The second-order valence-corrected chi connectivity index (χ2v) is 7.29. The first-order chi connectivity index (χ1) is 13.1. The van der Waals surface area contributed by atoms with Crippen LogP contribution in [-0.4, -0.2) is 25.2 Å². The van der Waals surface area contributed by atoms with Crippen LogP contribution in [0.4, 0.5) is 0 Å². The van der Waals surface area contributed by atoms with Crippen LogP contribution in [-0.2, 0) is 25.5 Å². The number of benzene rings is 1. The molecule has 0 amide bonds. The topological polar surface area (TPSA) is 65.7 Å². The average molecular weight is 384 g/mol. The van der Waals surface area contributed by atoms with Gasteiger partial charge in [-0.25, -0.2) is 0 Å². The number of hydrogen-bond donors (Lipinski definition) is 0. The van der Waals surface area contributed by atoms with Gasteiger partial charge in [0, 0.05) is 23.3 Å². The van der Waals surface area contributed by atoms with Crippen molar-refractivity contribution in [1.29, 1.82) is 0 Å². The van der Waals surface area contributed by atoms with E-state index in [4.69, 9.17) is 13.9 Å². The molecule has 140 valence electrons. The second kappa shape index (κ2) is 6.85. The standard InChI is InChI=1S/C21H20O5S/c1-3-24-19(22)21(20(23)25-4-2)11-16-17(18(21)13-9-10-27-12-13)14-7-5-6-8-15(14)26-16/h5-10,12,18H,3-4,11H2,1-2H3. The Hall–Kier alpha value is -2.60. The van der Waals surface area contributed by atoms with Gasteiger partial charge in [0.05, 0.1) is 13.2 Å². The maximum absolute atomic E-state index is 13.1. The smallest absolute Gasteiger partial charge is 0.324 e. The molecule has 1 atom stereocenters. The number of furan rings is 1. The van der Waals surface area contributed by atoms with E-state index in [2.05, 4.69) is 0 Å². The fraction of sp³-hybridized carbons (Fsp3) is 0.333. The number of thiophene rings is 1. The van der Waals surface area contributed by atoms with E-state index in [-0.39, 0.29) is 19.6 Å². The highest BCUT2D eigenvalue weighted by molar-refractivity contribution is 7.08. The molecule has 0 N–H and O–H groups in total. The summed E-state index contributed by atoms with van der Waals surface area (Å²) in [6.45, 7) is 3.85. The van der Waals surface area contributed by atoms with Crippen LogP contribution in [0, 0.1) is 5.41 Å². The third kappa shape index (κ3) is 2.58. The summed E-state index contributed by atoms with van der Waals surface area (Å²) in [5, 5.41) is 4.82. The number of carbonyl (C=O) groups excluding carboxylic acids is 2. The normalized spacial score (nSPS) is 17.6. The van der Waals surface area contributed by atoms with Crippen LogP contribution in [0.5, 0.6) is 0 Å². The van der Waals surface area contributed by atoms with Crippen molar-refractivity contribution >= 4 is 34.2 Å². The van der Waals surface area contributed by atoms with Gasteiger partial charge in [-0.15, -0.1) is 0 Å². The molecule has 1 unspecified atom stereocenters. The molecule has 4 rings (SSSR count). The fourth-order valence-electron chi connectivity index (χ4n) is 4.04. The minimum absolute atomic E-state index is 0.134.